The summed E-state index contributed by atoms with van der Waals surface area (Å²) in [7, 11) is 0. The molecule has 0 radical (unpaired) electrons. The zero-order valence-corrected chi connectivity index (χ0v) is 11.4. The fraction of sp³-hybridized carbons (Fsp3) is 0.312. The largest absolute Gasteiger partial charge is 0.508 e. The monoisotopic (exact) mass is 256 g/mol. The first-order valence-corrected chi connectivity index (χ1v) is 6.66. The molecule has 0 aliphatic heterocycles. The van der Waals surface area contributed by atoms with Crippen LogP contribution >= 0.6 is 0 Å². The molecule has 19 heavy (non-hydrogen) atoms. The number of benzene rings is 1. The van der Waals surface area contributed by atoms with Crippen LogP contribution in [0.1, 0.15) is 43.5 Å². The summed E-state index contributed by atoms with van der Waals surface area (Å²) >= 11 is 0. The highest BCUT2D eigenvalue weighted by atomic mass is 16.3. The van der Waals surface area contributed by atoms with Crippen molar-refractivity contribution in [1.82, 2.24) is 10.3 Å². The van der Waals surface area contributed by atoms with E-state index in [2.05, 4.69) is 30.2 Å². The van der Waals surface area contributed by atoms with Crippen molar-refractivity contribution < 1.29 is 5.11 Å². The lowest BCUT2D eigenvalue weighted by Crippen LogP contribution is -2.24. The van der Waals surface area contributed by atoms with Crippen molar-refractivity contribution in [3.63, 3.8) is 0 Å². The molecule has 0 saturated heterocycles. The molecule has 0 aliphatic rings. The lowest BCUT2D eigenvalue weighted by molar-refractivity contribution is 0.419. The van der Waals surface area contributed by atoms with Crippen molar-refractivity contribution >= 4 is 0 Å². The van der Waals surface area contributed by atoms with Crippen LogP contribution in [0.5, 0.6) is 5.75 Å². The van der Waals surface area contributed by atoms with Gasteiger partial charge in [0.15, 0.2) is 0 Å². The van der Waals surface area contributed by atoms with Gasteiger partial charge in [-0.3, -0.25) is 4.98 Å². The van der Waals surface area contributed by atoms with Gasteiger partial charge in [0.1, 0.15) is 5.75 Å². The maximum absolute atomic E-state index is 9.94. The lowest BCUT2D eigenvalue weighted by atomic mass is 10.0. The highest BCUT2D eigenvalue weighted by Gasteiger charge is 2.16. The van der Waals surface area contributed by atoms with Crippen molar-refractivity contribution in [2.24, 2.45) is 0 Å². The third-order valence-electron chi connectivity index (χ3n) is 3.36. The van der Waals surface area contributed by atoms with Crippen LogP contribution in [0.3, 0.4) is 0 Å². The number of nitrogens with zero attached hydrogens (tertiary/aromatic N) is 1. The van der Waals surface area contributed by atoms with Gasteiger partial charge in [0.25, 0.3) is 0 Å². The predicted molar refractivity (Wildman–Crippen MR) is 76.9 cm³/mol. The standard InChI is InChI=1S/C16H20N2O/c1-3-15(14-8-4-5-9-16(14)19)18-12(2)13-7-6-10-17-11-13/h4-12,15,18-19H,3H2,1-2H3/t12-,15?/m1/s1. The quantitative estimate of drug-likeness (QED) is 0.859. The van der Waals surface area contributed by atoms with Gasteiger partial charge in [0.2, 0.25) is 0 Å². The molecule has 0 saturated carbocycles. The summed E-state index contributed by atoms with van der Waals surface area (Å²) in [6, 6.07) is 11.8. The predicted octanol–water partition coefficient (Wildman–Crippen LogP) is 3.59. The Hall–Kier alpha value is -1.87. The van der Waals surface area contributed by atoms with E-state index in [4.69, 9.17) is 0 Å². The number of pyridine rings is 1. The molecule has 3 nitrogen and oxygen atoms in total. The Morgan fingerprint density at radius 2 is 2.00 bits per heavy atom. The Balaban J connectivity index is 2.14. The Morgan fingerprint density at radius 1 is 1.21 bits per heavy atom. The summed E-state index contributed by atoms with van der Waals surface area (Å²) < 4.78 is 0. The van der Waals surface area contributed by atoms with Gasteiger partial charge in [-0.1, -0.05) is 31.2 Å². The lowest BCUT2D eigenvalue weighted by Gasteiger charge is -2.23. The van der Waals surface area contributed by atoms with Gasteiger partial charge in [-0.25, -0.2) is 0 Å². The minimum Gasteiger partial charge on any atom is -0.508 e. The summed E-state index contributed by atoms with van der Waals surface area (Å²) in [6.07, 6.45) is 4.56. The highest BCUT2D eigenvalue weighted by molar-refractivity contribution is 5.34. The molecule has 1 unspecified atom stereocenters. The van der Waals surface area contributed by atoms with E-state index in [1.807, 2.05) is 30.5 Å². The van der Waals surface area contributed by atoms with Crippen molar-refractivity contribution in [1.29, 1.82) is 0 Å². The van der Waals surface area contributed by atoms with Crippen molar-refractivity contribution in [2.75, 3.05) is 0 Å². The van der Waals surface area contributed by atoms with Crippen LogP contribution in [0.4, 0.5) is 0 Å². The van der Waals surface area contributed by atoms with E-state index in [-0.39, 0.29) is 12.1 Å². The number of phenols is 1. The molecule has 2 N–H and O–H groups in total. The Morgan fingerprint density at radius 3 is 2.63 bits per heavy atom. The average molecular weight is 256 g/mol. The van der Waals surface area contributed by atoms with Gasteiger partial charge in [-0.2, -0.15) is 0 Å². The minimum atomic E-state index is 0.136. The third kappa shape index (κ3) is 3.32. The SMILES string of the molecule is CCC(N[C@H](C)c1cccnc1)c1ccccc1O. The molecule has 2 rings (SSSR count). The molecule has 3 heteroatoms. The zero-order chi connectivity index (χ0) is 13.7. The molecule has 0 bridgehead atoms. The average Bonchev–Trinajstić information content (AvgIpc) is 2.46. The first-order valence-electron chi connectivity index (χ1n) is 6.66. The molecule has 0 aliphatic carbocycles. The Bertz CT molecular complexity index is 513. The topological polar surface area (TPSA) is 45.2 Å². The fourth-order valence-corrected chi connectivity index (χ4v) is 2.24. The molecule has 2 aromatic rings. The molecular weight excluding hydrogens is 236 g/mol. The molecule has 1 aromatic heterocycles. The van der Waals surface area contributed by atoms with E-state index < -0.39 is 0 Å². The summed E-state index contributed by atoms with van der Waals surface area (Å²) in [5.41, 5.74) is 2.09. The van der Waals surface area contributed by atoms with Gasteiger partial charge in [0, 0.05) is 30.0 Å². The number of phenolic OH excluding ortho intramolecular Hbond substituents is 1. The van der Waals surface area contributed by atoms with Gasteiger partial charge in [0.05, 0.1) is 0 Å². The van der Waals surface area contributed by atoms with Crippen molar-refractivity contribution in [3.8, 4) is 5.75 Å². The molecule has 100 valence electrons. The number of nitrogens with one attached hydrogen (secondary N) is 1. The number of hydrogen-bond acceptors (Lipinski definition) is 3. The number of aromatic nitrogens is 1. The van der Waals surface area contributed by atoms with E-state index >= 15 is 0 Å². The maximum atomic E-state index is 9.94. The minimum absolute atomic E-state index is 0.136. The second kappa shape index (κ2) is 6.34. The molecule has 2 atom stereocenters. The van der Waals surface area contributed by atoms with Crippen LogP contribution in [-0.4, -0.2) is 10.1 Å². The van der Waals surface area contributed by atoms with Gasteiger partial charge in [-0.15, -0.1) is 0 Å². The number of hydrogen-bond donors (Lipinski definition) is 2. The molecule has 0 fully saturated rings. The summed E-state index contributed by atoms with van der Waals surface area (Å²) in [5.74, 6) is 0.347. The van der Waals surface area contributed by atoms with Crippen LogP contribution in [0.25, 0.3) is 0 Å². The second-order valence-corrected chi connectivity index (χ2v) is 4.69. The summed E-state index contributed by atoms with van der Waals surface area (Å²) in [5, 5.41) is 13.5. The normalized spacial score (nSPS) is 14.0. The molecule has 1 heterocycles. The van der Waals surface area contributed by atoms with Gasteiger partial charge >= 0.3 is 0 Å². The first kappa shape index (κ1) is 13.6. The first-order chi connectivity index (χ1) is 9.22. The zero-order valence-electron chi connectivity index (χ0n) is 11.4. The van der Waals surface area contributed by atoms with E-state index in [1.54, 1.807) is 12.3 Å². The molecule has 0 spiro atoms. The van der Waals surface area contributed by atoms with E-state index in [0.29, 0.717) is 5.75 Å². The fourth-order valence-electron chi connectivity index (χ4n) is 2.24. The Kier molecular flexibility index (Phi) is 4.53. The van der Waals surface area contributed by atoms with Crippen LogP contribution in [0.15, 0.2) is 48.8 Å². The van der Waals surface area contributed by atoms with Crippen molar-refractivity contribution in [2.45, 2.75) is 32.4 Å². The molecular formula is C16H20N2O. The van der Waals surface area contributed by atoms with E-state index in [0.717, 1.165) is 17.5 Å². The van der Waals surface area contributed by atoms with Gasteiger partial charge in [-0.05, 0) is 31.0 Å². The Labute approximate surface area is 114 Å². The van der Waals surface area contributed by atoms with Crippen molar-refractivity contribution in [3.05, 3.63) is 59.9 Å². The van der Waals surface area contributed by atoms with Crippen LogP contribution in [-0.2, 0) is 0 Å². The summed E-state index contributed by atoms with van der Waals surface area (Å²) in [6.45, 7) is 4.22. The number of para-hydroxylation sites is 1. The highest BCUT2D eigenvalue weighted by Crippen LogP contribution is 2.28. The number of aromatic hydroxyl groups is 1. The van der Waals surface area contributed by atoms with E-state index in [9.17, 15) is 5.11 Å². The van der Waals surface area contributed by atoms with Crippen LogP contribution < -0.4 is 5.32 Å². The molecule has 1 aromatic carbocycles. The third-order valence-corrected chi connectivity index (χ3v) is 3.36. The smallest absolute Gasteiger partial charge is 0.120 e. The summed E-state index contributed by atoms with van der Waals surface area (Å²) in [4.78, 5) is 4.14. The van der Waals surface area contributed by atoms with Crippen LogP contribution in [0, 0.1) is 0 Å². The van der Waals surface area contributed by atoms with Crippen LogP contribution in [0.2, 0.25) is 0 Å². The van der Waals surface area contributed by atoms with E-state index in [1.165, 1.54) is 0 Å². The molecule has 0 amide bonds. The van der Waals surface area contributed by atoms with Gasteiger partial charge < -0.3 is 10.4 Å². The second-order valence-electron chi connectivity index (χ2n) is 4.69. The maximum Gasteiger partial charge on any atom is 0.120 e. The number of rotatable bonds is 5.